The molecule has 0 aromatic heterocycles. The summed E-state index contributed by atoms with van der Waals surface area (Å²) in [6, 6.07) is 0. The van der Waals surface area contributed by atoms with E-state index >= 15 is 0 Å². The maximum absolute atomic E-state index is 9.65. The molecule has 0 rings (SSSR count). The molecule has 1 heteroatoms. The molecular weight excluding hydrogens is 124 g/mol. The fourth-order valence-electron chi connectivity index (χ4n) is 1.22. The molecule has 1 atom stereocenters. The zero-order chi connectivity index (χ0) is 8.04. The summed E-state index contributed by atoms with van der Waals surface area (Å²) in [5.41, 5.74) is -0.398. The Morgan fingerprint density at radius 1 is 1.10 bits per heavy atom. The van der Waals surface area contributed by atoms with E-state index in [9.17, 15) is 5.11 Å². The number of unbranched alkanes of at least 4 members (excludes halogenated alkanes) is 1. The highest BCUT2D eigenvalue weighted by atomic mass is 16.3. The molecule has 1 unspecified atom stereocenters. The van der Waals surface area contributed by atoms with Gasteiger partial charge in [0.05, 0.1) is 5.60 Å². The Balaban J connectivity index is 3.42. The van der Waals surface area contributed by atoms with Gasteiger partial charge in [0.15, 0.2) is 0 Å². The lowest BCUT2D eigenvalue weighted by Gasteiger charge is -2.21. The molecule has 0 bridgehead atoms. The van der Waals surface area contributed by atoms with Crippen molar-refractivity contribution in [3.63, 3.8) is 0 Å². The van der Waals surface area contributed by atoms with Gasteiger partial charge in [-0.25, -0.2) is 0 Å². The summed E-state index contributed by atoms with van der Waals surface area (Å²) in [5, 5.41) is 9.65. The van der Waals surface area contributed by atoms with E-state index in [1.165, 1.54) is 6.42 Å². The normalized spacial score (nSPS) is 16.8. The summed E-state index contributed by atoms with van der Waals surface area (Å²) in [6.45, 7) is 6.20. The second-order valence-corrected chi connectivity index (χ2v) is 3.35. The maximum Gasteiger partial charge on any atom is 0.0619 e. The molecule has 0 fully saturated rings. The lowest BCUT2D eigenvalue weighted by atomic mass is 9.94. The molecule has 0 saturated carbocycles. The SMILES string of the molecule is CCCCC(C)(O)CCC. The molecule has 0 saturated heterocycles. The number of aliphatic hydroxyl groups is 1. The van der Waals surface area contributed by atoms with Crippen molar-refractivity contribution < 1.29 is 5.11 Å². The highest BCUT2D eigenvalue weighted by molar-refractivity contribution is 4.70. The smallest absolute Gasteiger partial charge is 0.0619 e. The van der Waals surface area contributed by atoms with Gasteiger partial charge in [0, 0.05) is 0 Å². The van der Waals surface area contributed by atoms with Gasteiger partial charge in [0.25, 0.3) is 0 Å². The van der Waals surface area contributed by atoms with Crippen LogP contribution >= 0.6 is 0 Å². The van der Waals surface area contributed by atoms with E-state index in [1.54, 1.807) is 0 Å². The van der Waals surface area contributed by atoms with Crippen molar-refractivity contribution in [2.75, 3.05) is 0 Å². The first kappa shape index (κ1) is 9.96. The van der Waals surface area contributed by atoms with Crippen LogP contribution in [0.25, 0.3) is 0 Å². The molecule has 0 aromatic rings. The lowest BCUT2D eigenvalue weighted by Crippen LogP contribution is -2.23. The highest BCUT2D eigenvalue weighted by Crippen LogP contribution is 2.18. The number of hydrogen-bond acceptors (Lipinski definition) is 1. The highest BCUT2D eigenvalue weighted by Gasteiger charge is 2.17. The van der Waals surface area contributed by atoms with E-state index in [-0.39, 0.29) is 0 Å². The Labute approximate surface area is 64.5 Å². The van der Waals surface area contributed by atoms with Crippen LogP contribution in [0.1, 0.15) is 52.9 Å². The van der Waals surface area contributed by atoms with E-state index in [4.69, 9.17) is 0 Å². The predicted octanol–water partition coefficient (Wildman–Crippen LogP) is 2.73. The van der Waals surface area contributed by atoms with Crippen LogP contribution in [0, 0.1) is 0 Å². The minimum absolute atomic E-state index is 0.398. The Bertz CT molecular complexity index is 76.8. The van der Waals surface area contributed by atoms with Gasteiger partial charge in [-0.2, -0.15) is 0 Å². The van der Waals surface area contributed by atoms with Gasteiger partial charge >= 0.3 is 0 Å². The van der Waals surface area contributed by atoms with Gasteiger partial charge in [0.2, 0.25) is 0 Å². The Morgan fingerprint density at radius 2 is 1.70 bits per heavy atom. The molecular formula is C9H20O. The maximum atomic E-state index is 9.65. The Kier molecular flexibility index (Phi) is 4.71. The van der Waals surface area contributed by atoms with Gasteiger partial charge in [-0.05, 0) is 19.8 Å². The van der Waals surface area contributed by atoms with Crippen LogP contribution in [0.3, 0.4) is 0 Å². The first-order valence-electron chi connectivity index (χ1n) is 4.34. The number of hydrogen-bond donors (Lipinski definition) is 1. The van der Waals surface area contributed by atoms with Crippen LogP contribution in [0.5, 0.6) is 0 Å². The minimum atomic E-state index is -0.398. The molecule has 0 aliphatic rings. The quantitative estimate of drug-likeness (QED) is 0.629. The second-order valence-electron chi connectivity index (χ2n) is 3.35. The van der Waals surface area contributed by atoms with Crippen molar-refractivity contribution in [1.82, 2.24) is 0 Å². The third-order valence-electron chi connectivity index (χ3n) is 1.86. The molecule has 62 valence electrons. The third-order valence-corrected chi connectivity index (χ3v) is 1.86. The van der Waals surface area contributed by atoms with Gasteiger partial charge < -0.3 is 5.11 Å². The molecule has 0 aromatic carbocycles. The molecule has 0 amide bonds. The summed E-state index contributed by atoms with van der Waals surface area (Å²) >= 11 is 0. The van der Waals surface area contributed by atoms with Crippen molar-refractivity contribution in [2.45, 2.75) is 58.5 Å². The predicted molar refractivity (Wildman–Crippen MR) is 45.1 cm³/mol. The van der Waals surface area contributed by atoms with Gasteiger partial charge in [-0.1, -0.05) is 33.1 Å². The van der Waals surface area contributed by atoms with Gasteiger partial charge in [-0.3, -0.25) is 0 Å². The van der Waals surface area contributed by atoms with Crippen LogP contribution in [0.4, 0.5) is 0 Å². The monoisotopic (exact) mass is 144 g/mol. The van der Waals surface area contributed by atoms with Crippen molar-refractivity contribution in [1.29, 1.82) is 0 Å². The summed E-state index contributed by atoms with van der Waals surface area (Å²) in [7, 11) is 0. The van der Waals surface area contributed by atoms with Gasteiger partial charge in [0.1, 0.15) is 0 Å². The summed E-state index contributed by atoms with van der Waals surface area (Å²) in [4.78, 5) is 0. The summed E-state index contributed by atoms with van der Waals surface area (Å²) in [5.74, 6) is 0. The molecule has 0 aliphatic heterocycles. The summed E-state index contributed by atoms with van der Waals surface area (Å²) in [6.07, 6.45) is 5.30. The molecule has 10 heavy (non-hydrogen) atoms. The summed E-state index contributed by atoms with van der Waals surface area (Å²) < 4.78 is 0. The minimum Gasteiger partial charge on any atom is -0.390 e. The van der Waals surface area contributed by atoms with E-state index in [0.29, 0.717) is 0 Å². The molecule has 1 nitrogen and oxygen atoms in total. The van der Waals surface area contributed by atoms with Crippen molar-refractivity contribution in [2.24, 2.45) is 0 Å². The lowest BCUT2D eigenvalue weighted by molar-refractivity contribution is 0.0391. The molecule has 0 spiro atoms. The van der Waals surface area contributed by atoms with Crippen LogP contribution in [0.2, 0.25) is 0 Å². The fourth-order valence-corrected chi connectivity index (χ4v) is 1.22. The van der Waals surface area contributed by atoms with Crippen LogP contribution in [-0.4, -0.2) is 10.7 Å². The van der Waals surface area contributed by atoms with Crippen LogP contribution < -0.4 is 0 Å². The van der Waals surface area contributed by atoms with Crippen molar-refractivity contribution >= 4 is 0 Å². The zero-order valence-corrected chi connectivity index (χ0v) is 7.48. The first-order chi connectivity index (χ1) is 4.62. The van der Waals surface area contributed by atoms with Crippen LogP contribution in [0.15, 0.2) is 0 Å². The van der Waals surface area contributed by atoms with E-state index < -0.39 is 5.60 Å². The fraction of sp³-hybridized carbons (Fsp3) is 1.00. The van der Waals surface area contributed by atoms with E-state index in [0.717, 1.165) is 25.7 Å². The largest absolute Gasteiger partial charge is 0.390 e. The zero-order valence-electron chi connectivity index (χ0n) is 7.48. The molecule has 1 N–H and O–H groups in total. The average molecular weight is 144 g/mol. The average Bonchev–Trinajstić information content (AvgIpc) is 1.84. The standard InChI is InChI=1S/C9H20O/c1-4-6-8-9(3,10)7-5-2/h10H,4-8H2,1-3H3. The van der Waals surface area contributed by atoms with E-state index in [2.05, 4.69) is 13.8 Å². The third kappa shape index (κ3) is 4.80. The second kappa shape index (κ2) is 4.73. The first-order valence-corrected chi connectivity index (χ1v) is 4.34. The van der Waals surface area contributed by atoms with Crippen LogP contribution in [-0.2, 0) is 0 Å². The topological polar surface area (TPSA) is 20.2 Å². The van der Waals surface area contributed by atoms with Crippen molar-refractivity contribution in [3.8, 4) is 0 Å². The Morgan fingerprint density at radius 3 is 2.10 bits per heavy atom. The van der Waals surface area contributed by atoms with Crippen molar-refractivity contribution in [3.05, 3.63) is 0 Å². The van der Waals surface area contributed by atoms with Gasteiger partial charge in [-0.15, -0.1) is 0 Å². The number of rotatable bonds is 5. The van der Waals surface area contributed by atoms with E-state index in [1.807, 2.05) is 6.92 Å². The molecule has 0 radical (unpaired) electrons. The Hall–Kier alpha value is -0.0400. The molecule has 0 heterocycles. The molecule has 0 aliphatic carbocycles.